The van der Waals surface area contributed by atoms with Crippen LogP contribution in [0.2, 0.25) is 0 Å². The van der Waals surface area contributed by atoms with Crippen LogP contribution in [0.5, 0.6) is 5.75 Å². The predicted octanol–water partition coefficient (Wildman–Crippen LogP) is 5.27. The van der Waals surface area contributed by atoms with Gasteiger partial charge in [-0.1, -0.05) is 65.8 Å². The Morgan fingerprint density at radius 2 is 1.62 bits per heavy atom. The van der Waals surface area contributed by atoms with Crippen LogP contribution in [0, 0.1) is 5.41 Å². The number of carbonyl (C=O) groups excluding carboxylic acids is 1. The lowest BCUT2D eigenvalue weighted by Gasteiger charge is -2.38. The third-order valence-corrected chi connectivity index (χ3v) is 7.55. The van der Waals surface area contributed by atoms with Gasteiger partial charge in [0.25, 0.3) is 15.9 Å². The highest BCUT2D eigenvalue weighted by Gasteiger charge is 2.40. The summed E-state index contributed by atoms with van der Waals surface area (Å²) in [5.74, 6) is 0.0561. The lowest BCUT2D eigenvalue weighted by atomic mass is 9.81. The Morgan fingerprint density at radius 3 is 2.18 bits per heavy atom. The highest BCUT2D eigenvalue weighted by Crippen LogP contribution is 2.40. The third kappa shape index (κ3) is 5.93. The fraction of sp³-hybridized carbons (Fsp3) is 0.519. The van der Waals surface area contributed by atoms with Crippen molar-refractivity contribution in [1.82, 2.24) is 5.32 Å². The van der Waals surface area contributed by atoms with Crippen LogP contribution in [-0.2, 0) is 20.2 Å². The van der Waals surface area contributed by atoms with Gasteiger partial charge in [-0.3, -0.25) is 9.10 Å². The number of carbonyl (C=O) groups is 1. The molecule has 6 nitrogen and oxygen atoms in total. The van der Waals surface area contributed by atoms with Gasteiger partial charge in [0.05, 0.1) is 17.1 Å². The number of amides is 1. The van der Waals surface area contributed by atoms with E-state index in [1.54, 1.807) is 36.4 Å². The van der Waals surface area contributed by atoms with Gasteiger partial charge < -0.3 is 10.1 Å². The number of anilines is 1. The summed E-state index contributed by atoms with van der Waals surface area (Å²) < 4.78 is 34.8. The maximum atomic E-state index is 13.7. The largest absolute Gasteiger partial charge is 0.476 e. The van der Waals surface area contributed by atoms with Crippen molar-refractivity contribution in [3.8, 4) is 5.75 Å². The topological polar surface area (TPSA) is 75.7 Å². The molecule has 2 aromatic carbocycles. The number of ether oxygens (including phenoxy) is 1. The van der Waals surface area contributed by atoms with Gasteiger partial charge in [0, 0.05) is 5.54 Å². The predicted molar refractivity (Wildman–Crippen MR) is 137 cm³/mol. The standard InChI is InChI=1S/C27H38N2O4S/c1-25(2,3)18-27(7,8)28-24(30)23-17-29(34(31,32)20-12-10-9-11-13-20)21-16-19(26(4,5)6)14-15-22(21)33-23/h9-16,23H,17-18H2,1-8H3,(H,28,30)/t23-/m1/s1. The van der Waals surface area contributed by atoms with Crippen molar-refractivity contribution in [3.63, 3.8) is 0 Å². The van der Waals surface area contributed by atoms with Crippen LogP contribution < -0.4 is 14.4 Å². The van der Waals surface area contributed by atoms with Crippen LogP contribution in [-0.4, -0.2) is 32.5 Å². The minimum absolute atomic E-state index is 0.0167. The summed E-state index contributed by atoms with van der Waals surface area (Å²) in [6.45, 7) is 16.4. The first-order valence-electron chi connectivity index (χ1n) is 11.7. The Morgan fingerprint density at radius 1 is 1.00 bits per heavy atom. The Hall–Kier alpha value is -2.54. The van der Waals surface area contributed by atoms with Crippen LogP contribution in [0.3, 0.4) is 0 Å². The van der Waals surface area contributed by atoms with E-state index in [9.17, 15) is 13.2 Å². The summed E-state index contributed by atoms with van der Waals surface area (Å²) in [4.78, 5) is 13.5. The van der Waals surface area contributed by atoms with Crippen LogP contribution in [0.1, 0.15) is 67.4 Å². The Bertz CT molecular complexity index is 1140. The molecule has 0 saturated heterocycles. The molecule has 0 fully saturated rings. The summed E-state index contributed by atoms with van der Waals surface area (Å²) in [5, 5.41) is 3.08. The normalized spacial score (nSPS) is 17.1. The molecule has 1 heterocycles. The minimum atomic E-state index is -3.90. The molecular weight excluding hydrogens is 448 g/mol. The van der Waals surface area contributed by atoms with Crippen molar-refractivity contribution < 1.29 is 17.9 Å². The summed E-state index contributed by atoms with van der Waals surface area (Å²) in [7, 11) is -3.90. The third-order valence-electron chi connectivity index (χ3n) is 5.75. The highest BCUT2D eigenvalue weighted by molar-refractivity contribution is 7.92. The number of fused-ring (bicyclic) bond motifs is 1. The molecule has 34 heavy (non-hydrogen) atoms. The number of sulfonamides is 1. The molecule has 0 aromatic heterocycles. The number of hydrogen-bond donors (Lipinski definition) is 1. The summed E-state index contributed by atoms with van der Waals surface area (Å²) in [6, 6.07) is 13.8. The fourth-order valence-electron chi connectivity index (χ4n) is 4.59. The second kappa shape index (κ2) is 8.91. The van der Waals surface area contributed by atoms with Crippen LogP contribution in [0.25, 0.3) is 0 Å². The Kier molecular flexibility index (Phi) is 6.83. The van der Waals surface area contributed by atoms with Crippen LogP contribution >= 0.6 is 0 Å². The molecule has 186 valence electrons. The van der Waals surface area contributed by atoms with Crippen LogP contribution in [0.4, 0.5) is 5.69 Å². The monoisotopic (exact) mass is 486 g/mol. The lowest BCUT2D eigenvalue weighted by molar-refractivity contribution is -0.129. The average molecular weight is 487 g/mol. The van der Waals surface area contributed by atoms with Gasteiger partial charge in [0.15, 0.2) is 6.10 Å². The molecule has 0 bridgehead atoms. The van der Waals surface area contributed by atoms with E-state index in [0.29, 0.717) is 11.4 Å². The molecule has 0 aliphatic carbocycles. The first-order chi connectivity index (χ1) is 15.5. The number of nitrogens with zero attached hydrogens (tertiary/aromatic N) is 1. The minimum Gasteiger partial charge on any atom is -0.476 e. The molecule has 1 aliphatic heterocycles. The molecule has 0 saturated carbocycles. The van der Waals surface area contributed by atoms with Gasteiger partial charge in [0.1, 0.15) is 5.75 Å². The van der Waals surface area contributed by atoms with E-state index in [2.05, 4.69) is 46.9 Å². The average Bonchev–Trinajstić information content (AvgIpc) is 2.70. The van der Waals surface area contributed by atoms with Gasteiger partial charge in [0.2, 0.25) is 0 Å². The number of benzene rings is 2. The SMILES string of the molecule is CC(C)(C)CC(C)(C)NC(=O)[C@H]1CN(S(=O)(=O)c2ccccc2)c2cc(C(C)(C)C)ccc2O1. The number of hydrogen-bond acceptors (Lipinski definition) is 4. The molecule has 0 unspecified atom stereocenters. The maximum Gasteiger partial charge on any atom is 0.264 e. The van der Waals surface area contributed by atoms with Gasteiger partial charge >= 0.3 is 0 Å². The molecule has 0 radical (unpaired) electrons. The van der Waals surface area contributed by atoms with Crippen molar-refractivity contribution in [1.29, 1.82) is 0 Å². The molecule has 3 rings (SSSR count). The van der Waals surface area contributed by atoms with E-state index in [1.807, 2.05) is 26.0 Å². The lowest BCUT2D eigenvalue weighted by Crippen LogP contribution is -2.55. The molecule has 1 amide bonds. The summed E-state index contributed by atoms with van der Waals surface area (Å²) in [6.07, 6.45) is -0.207. The van der Waals surface area contributed by atoms with Gasteiger partial charge in [-0.05, 0) is 60.9 Å². The highest BCUT2D eigenvalue weighted by atomic mass is 32.2. The van der Waals surface area contributed by atoms with E-state index in [1.165, 1.54) is 4.31 Å². The van der Waals surface area contributed by atoms with Crippen molar-refractivity contribution in [3.05, 3.63) is 54.1 Å². The molecular formula is C27H38N2O4S. The molecule has 1 atom stereocenters. The molecule has 1 N–H and O–H groups in total. The quantitative estimate of drug-likeness (QED) is 0.625. The molecule has 2 aromatic rings. The first-order valence-corrected chi connectivity index (χ1v) is 13.1. The van der Waals surface area contributed by atoms with Gasteiger partial charge in [-0.15, -0.1) is 0 Å². The van der Waals surface area contributed by atoms with E-state index in [0.717, 1.165) is 12.0 Å². The zero-order chi connectivity index (χ0) is 25.5. The van der Waals surface area contributed by atoms with Crippen molar-refractivity contribution in [2.45, 2.75) is 83.8 Å². The summed E-state index contributed by atoms with van der Waals surface area (Å²) in [5.41, 5.74) is 0.801. The smallest absolute Gasteiger partial charge is 0.264 e. The molecule has 7 heteroatoms. The zero-order valence-electron chi connectivity index (χ0n) is 21.6. The Labute approximate surface area is 204 Å². The maximum absolute atomic E-state index is 13.7. The van der Waals surface area contributed by atoms with Crippen molar-refractivity contribution in [2.24, 2.45) is 5.41 Å². The zero-order valence-corrected chi connectivity index (χ0v) is 22.4. The summed E-state index contributed by atoms with van der Waals surface area (Å²) >= 11 is 0. The second-order valence-corrected chi connectivity index (χ2v) is 13.9. The van der Waals surface area contributed by atoms with Crippen molar-refractivity contribution in [2.75, 3.05) is 10.8 Å². The molecule has 0 spiro atoms. The van der Waals surface area contributed by atoms with E-state index in [-0.39, 0.29) is 28.2 Å². The first kappa shape index (κ1) is 26.1. The van der Waals surface area contributed by atoms with Crippen molar-refractivity contribution >= 4 is 21.6 Å². The van der Waals surface area contributed by atoms with E-state index < -0.39 is 21.7 Å². The number of rotatable bonds is 5. The second-order valence-electron chi connectivity index (χ2n) is 12.0. The Balaban J connectivity index is 2.02. The van der Waals surface area contributed by atoms with Gasteiger partial charge in [-0.25, -0.2) is 8.42 Å². The van der Waals surface area contributed by atoms with Gasteiger partial charge in [-0.2, -0.15) is 0 Å². The molecule has 1 aliphatic rings. The fourth-order valence-corrected chi connectivity index (χ4v) is 6.07. The number of nitrogens with one attached hydrogen (secondary N) is 1. The van der Waals surface area contributed by atoms with E-state index in [4.69, 9.17) is 4.74 Å². The van der Waals surface area contributed by atoms with E-state index >= 15 is 0 Å². The van der Waals surface area contributed by atoms with Crippen LogP contribution in [0.15, 0.2) is 53.4 Å².